The molecule has 0 spiro atoms. The number of carbonyl (C=O) groups is 1. The molecule has 4 heteroatoms. The van der Waals surface area contributed by atoms with Gasteiger partial charge in [0.1, 0.15) is 0 Å². The van der Waals surface area contributed by atoms with Gasteiger partial charge in [0.25, 0.3) is 0 Å². The summed E-state index contributed by atoms with van der Waals surface area (Å²) in [5, 5.41) is 0. The van der Waals surface area contributed by atoms with Crippen LogP contribution in [0, 0.1) is 5.92 Å². The van der Waals surface area contributed by atoms with E-state index in [1.54, 1.807) is 0 Å². The standard InChI is InChI=1S/C17H25N3O/c18-16-5-3-14(4-6-16)11-17(21)20-10-7-15(13-20)12-19-8-1-2-9-19/h3-6,15H,1-2,7-13,18H2. The molecule has 3 rings (SSSR count). The van der Waals surface area contributed by atoms with E-state index in [-0.39, 0.29) is 5.91 Å². The number of hydrogen-bond donors (Lipinski definition) is 1. The van der Waals surface area contributed by atoms with E-state index in [0.29, 0.717) is 12.3 Å². The molecule has 0 aliphatic carbocycles. The van der Waals surface area contributed by atoms with Crippen LogP contribution in [0.3, 0.4) is 0 Å². The summed E-state index contributed by atoms with van der Waals surface area (Å²) in [7, 11) is 0. The fourth-order valence-electron chi connectivity index (χ4n) is 3.46. The summed E-state index contributed by atoms with van der Waals surface area (Å²) in [6.45, 7) is 5.52. The molecular formula is C17H25N3O. The van der Waals surface area contributed by atoms with Crippen molar-refractivity contribution in [3.05, 3.63) is 29.8 Å². The molecule has 1 unspecified atom stereocenters. The molecule has 1 aromatic rings. The van der Waals surface area contributed by atoms with Crippen LogP contribution in [-0.2, 0) is 11.2 Å². The molecule has 2 saturated heterocycles. The second-order valence-corrected chi connectivity index (χ2v) is 6.42. The molecule has 4 nitrogen and oxygen atoms in total. The number of amides is 1. The maximum atomic E-state index is 12.4. The summed E-state index contributed by atoms with van der Waals surface area (Å²) in [6, 6.07) is 7.63. The van der Waals surface area contributed by atoms with E-state index in [0.717, 1.165) is 30.8 Å². The second-order valence-electron chi connectivity index (χ2n) is 6.42. The van der Waals surface area contributed by atoms with Crippen LogP contribution in [0.25, 0.3) is 0 Å². The van der Waals surface area contributed by atoms with Gasteiger partial charge in [-0.25, -0.2) is 0 Å². The van der Waals surface area contributed by atoms with E-state index in [1.165, 1.54) is 32.5 Å². The number of rotatable bonds is 4. The fourth-order valence-corrected chi connectivity index (χ4v) is 3.46. The summed E-state index contributed by atoms with van der Waals surface area (Å²) in [5.74, 6) is 0.919. The van der Waals surface area contributed by atoms with Crippen LogP contribution in [0.2, 0.25) is 0 Å². The molecule has 2 aliphatic heterocycles. The molecule has 114 valence electrons. The van der Waals surface area contributed by atoms with E-state index in [4.69, 9.17) is 5.73 Å². The predicted molar refractivity (Wildman–Crippen MR) is 84.9 cm³/mol. The molecule has 2 N–H and O–H groups in total. The van der Waals surface area contributed by atoms with Crippen molar-refractivity contribution in [1.82, 2.24) is 9.80 Å². The monoisotopic (exact) mass is 287 g/mol. The van der Waals surface area contributed by atoms with E-state index in [2.05, 4.69) is 4.90 Å². The third-order valence-corrected chi connectivity index (χ3v) is 4.69. The van der Waals surface area contributed by atoms with Crippen molar-refractivity contribution in [2.24, 2.45) is 5.92 Å². The molecule has 0 saturated carbocycles. The van der Waals surface area contributed by atoms with Crippen LogP contribution in [0.1, 0.15) is 24.8 Å². The van der Waals surface area contributed by atoms with Crippen LogP contribution >= 0.6 is 0 Å². The number of likely N-dealkylation sites (tertiary alicyclic amines) is 2. The smallest absolute Gasteiger partial charge is 0.226 e. The zero-order valence-electron chi connectivity index (χ0n) is 12.6. The topological polar surface area (TPSA) is 49.6 Å². The number of nitrogens with zero attached hydrogens (tertiary/aromatic N) is 2. The van der Waals surface area contributed by atoms with E-state index in [9.17, 15) is 4.79 Å². The van der Waals surface area contributed by atoms with E-state index >= 15 is 0 Å². The Morgan fingerprint density at radius 1 is 1.14 bits per heavy atom. The van der Waals surface area contributed by atoms with Crippen molar-refractivity contribution >= 4 is 11.6 Å². The zero-order valence-corrected chi connectivity index (χ0v) is 12.6. The zero-order chi connectivity index (χ0) is 14.7. The Hall–Kier alpha value is -1.55. The van der Waals surface area contributed by atoms with Crippen molar-refractivity contribution in [1.29, 1.82) is 0 Å². The van der Waals surface area contributed by atoms with Gasteiger partial charge in [-0.2, -0.15) is 0 Å². The van der Waals surface area contributed by atoms with Crippen LogP contribution in [0.4, 0.5) is 5.69 Å². The average molecular weight is 287 g/mol. The maximum absolute atomic E-state index is 12.4. The number of anilines is 1. The predicted octanol–water partition coefficient (Wildman–Crippen LogP) is 1.76. The molecule has 2 fully saturated rings. The quantitative estimate of drug-likeness (QED) is 0.858. The number of nitrogens with two attached hydrogens (primary N) is 1. The first kappa shape index (κ1) is 14.4. The van der Waals surface area contributed by atoms with Crippen molar-refractivity contribution in [3.63, 3.8) is 0 Å². The van der Waals surface area contributed by atoms with Gasteiger partial charge in [-0.3, -0.25) is 4.79 Å². The first-order valence-corrected chi connectivity index (χ1v) is 8.05. The Kier molecular flexibility index (Phi) is 4.44. The Morgan fingerprint density at radius 2 is 1.86 bits per heavy atom. The minimum atomic E-state index is 0.253. The molecule has 0 aromatic heterocycles. The summed E-state index contributed by atoms with van der Waals surface area (Å²) in [5.41, 5.74) is 7.48. The Morgan fingerprint density at radius 3 is 2.57 bits per heavy atom. The van der Waals surface area contributed by atoms with Crippen LogP contribution in [0.5, 0.6) is 0 Å². The summed E-state index contributed by atoms with van der Waals surface area (Å²) >= 11 is 0. The van der Waals surface area contributed by atoms with Gasteiger partial charge in [0.2, 0.25) is 5.91 Å². The lowest BCUT2D eigenvalue weighted by Gasteiger charge is -2.20. The highest BCUT2D eigenvalue weighted by Crippen LogP contribution is 2.20. The molecule has 1 atom stereocenters. The minimum Gasteiger partial charge on any atom is -0.399 e. The van der Waals surface area contributed by atoms with E-state index < -0.39 is 0 Å². The lowest BCUT2D eigenvalue weighted by molar-refractivity contribution is -0.129. The molecule has 2 aliphatic rings. The van der Waals surface area contributed by atoms with Crippen LogP contribution in [0.15, 0.2) is 24.3 Å². The summed E-state index contributed by atoms with van der Waals surface area (Å²) in [4.78, 5) is 17.0. The van der Waals surface area contributed by atoms with Gasteiger partial charge in [-0.15, -0.1) is 0 Å². The Bertz CT molecular complexity index is 479. The maximum Gasteiger partial charge on any atom is 0.226 e. The van der Waals surface area contributed by atoms with Crippen molar-refractivity contribution in [3.8, 4) is 0 Å². The molecule has 21 heavy (non-hydrogen) atoms. The number of carbonyl (C=O) groups excluding carboxylic acids is 1. The van der Waals surface area contributed by atoms with Gasteiger partial charge in [-0.05, 0) is 56.0 Å². The van der Waals surface area contributed by atoms with Crippen molar-refractivity contribution in [2.45, 2.75) is 25.7 Å². The van der Waals surface area contributed by atoms with Gasteiger partial charge in [0.05, 0.1) is 6.42 Å². The molecule has 2 heterocycles. The number of nitrogen functional groups attached to an aromatic ring is 1. The van der Waals surface area contributed by atoms with Gasteiger partial charge < -0.3 is 15.5 Å². The third-order valence-electron chi connectivity index (χ3n) is 4.69. The number of benzene rings is 1. The minimum absolute atomic E-state index is 0.253. The third kappa shape index (κ3) is 3.76. The van der Waals surface area contributed by atoms with Gasteiger partial charge in [0.15, 0.2) is 0 Å². The highest BCUT2D eigenvalue weighted by molar-refractivity contribution is 5.79. The average Bonchev–Trinajstić information content (AvgIpc) is 3.13. The normalized spacial score (nSPS) is 22.9. The van der Waals surface area contributed by atoms with Gasteiger partial charge in [-0.1, -0.05) is 12.1 Å². The molecular weight excluding hydrogens is 262 g/mol. The number of hydrogen-bond acceptors (Lipinski definition) is 3. The molecule has 0 bridgehead atoms. The Balaban J connectivity index is 1.48. The lowest BCUT2D eigenvalue weighted by atomic mass is 10.1. The van der Waals surface area contributed by atoms with E-state index in [1.807, 2.05) is 29.2 Å². The van der Waals surface area contributed by atoms with Gasteiger partial charge >= 0.3 is 0 Å². The lowest BCUT2D eigenvalue weighted by Crippen LogP contribution is -2.32. The highest BCUT2D eigenvalue weighted by Gasteiger charge is 2.28. The first-order chi connectivity index (χ1) is 10.2. The Labute approximate surface area is 126 Å². The summed E-state index contributed by atoms with van der Waals surface area (Å²) < 4.78 is 0. The SMILES string of the molecule is Nc1ccc(CC(=O)N2CCC(CN3CCCC3)C2)cc1. The van der Waals surface area contributed by atoms with Crippen molar-refractivity contribution < 1.29 is 4.79 Å². The van der Waals surface area contributed by atoms with Gasteiger partial charge in [0, 0.05) is 25.3 Å². The second kappa shape index (κ2) is 6.48. The fraction of sp³-hybridized carbons (Fsp3) is 0.588. The molecule has 1 amide bonds. The molecule has 1 aromatic carbocycles. The molecule has 0 radical (unpaired) electrons. The van der Waals surface area contributed by atoms with Crippen LogP contribution < -0.4 is 5.73 Å². The largest absolute Gasteiger partial charge is 0.399 e. The highest BCUT2D eigenvalue weighted by atomic mass is 16.2. The first-order valence-electron chi connectivity index (χ1n) is 8.05. The van der Waals surface area contributed by atoms with Crippen molar-refractivity contribution in [2.75, 3.05) is 38.5 Å². The van der Waals surface area contributed by atoms with Crippen LogP contribution in [-0.4, -0.2) is 48.4 Å². The summed E-state index contributed by atoms with van der Waals surface area (Å²) in [6.07, 6.45) is 4.33.